The Kier molecular flexibility index (Phi) is 5.94. The molecule has 0 saturated carbocycles. The number of fused-ring (bicyclic) bond motifs is 1. The number of aryl methyl sites for hydroxylation is 1. The average Bonchev–Trinajstić information content (AvgIpc) is 3.27. The van der Waals surface area contributed by atoms with Crippen LogP contribution in [0.5, 0.6) is 5.75 Å². The van der Waals surface area contributed by atoms with Gasteiger partial charge in [0, 0.05) is 42.0 Å². The zero-order valence-electron chi connectivity index (χ0n) is 16.6. The van der Waals surface area contributed by atoms with E-state index in [4.69, 9.17) is 9.29 Å². The predicted molar refractivity (Wildman–Crippen MR) is 116 cm³/mol. The number of carbonyl (C=O) groups is 2. The number of amides is 2. The summed E-state index contributed by atoms with van der Waals surface area (Å²) < 4.78 is 29.4. The zero-order chi connectivity index (χ0) is 22.0. The normalized spacial score (nSPS) is 14.9. The third-order valence-electron chi connectivity index (χ3n) is 5.01. The minimum Gasteiger partial charge on any atom is -0.496 e. The molecule has 31 heavy (non-hydrogen) atoms. The van der Waals surface area contributed by atoms with Gasteiger partial charge in [0.15, 0.2) is 0 Å². The van der Waals surface area contributed by atoms with Crippen molar-refractivity contribution in [2.45, 2.75) is 13.0 Å². The molecule has 4 rings (SSSR count). The summed E-state index contributed by atoms with van der Waals surface area (Å²) in [6.45, 7) is 0.837. The van der Waals surface area contributed by atoms with Crippen LogP contribution in [-0.4, -0.2) is 43.8 Å². The Labute approximate surface area is 180 Å². The second kappa shape index (κ2) is 8.80. The second-order valence-corrected chi connectivity index (χ2v) is 7.63. The molecule has 1 aliphatic heterocycles. The number of methoxy groups -OCH3 is 1. The van der Waals surface area contributed by atoms with Gasteiger partial charge < -0.3 is 9.30 Å². The molecule has 2 aromatic heterocycles. The number of hydrogen-bond acceptors (Lipinski definition) is 5. The standard InChI is InChI=1S/C21H20N4O5S/c1-30-16-8-3-2-6-14(16)17-18(21(27)24-20(17)26)15-12-25(11-5-10-23-31(28)29)19-13(15)7-4-9-22-19/h2-4,6-9,12,23H,5,10-11H2,1H3,(H,28,29)(H,24,26,27). The SMILES string of the molecule is COc1ccccc1C1=C(c2cn(CCCNS(=O)O)c3ncccc23)C(=O)NC1=O. The van der Waals surface area contributed by atoms with E-state index in [9.17, 15) is 13.8 Å². The summed E-state index contributed by atoms with van der Waals surface area (Å²) in [6, 6.07) is 10.7. The van der Waals surface area contributed by atoms with Crippen LogP contribution in [0.15, 0.2) is 48.8 Å². The van der Waals surface area contributed by atoms with E-state index >= 15 is 0 Å². The third-order valence-corrected chi connectivity index (χ3v) is 5.46. The number of para-hydroxylation sites is 1. The van der Waals surface area contributed by atoms with Crippen molar-refractivity contribution in [1.82, 2.24) is 19.6 Å². The van der Waals surface area contributed by atoms with E-state index in [2.05, 4.69) is 15.0 Å². The molecule has 0 fully saturated rings. The average molecular weight is 440 g/mol. The van der Waals surface area contributed by atoms with E-state index in [-0.39, 0.29) is 11.1 Å². The summed E-state index contributed by atoms with van der Waals surface area (Å²) in [5, 5.41) is 3.13. The maximum atomic E-state index is 12.8. The molecular weight excluding hydrogens is 420 g/mol. The number of hydrogen-bond donors (Lipinski definition) is 3. The third kappa shape index (κ3) is 4.00. The molecule has 2 amide bonds. The maximum Gasteiger partial charge on any atom is 0.259 e. The molecule has 0 saturated heterocycles. The fourth-order valence-electron chi connectivity index (χ4n) is 3.72. The van der Waals surface area contributed by atoms with Crippen LogP contribution in [0.1, 0.15) is 17.5 Å². The van der Waals surface area contributed by atoms with Gasteiger partial charge in [-0.2, -0.15) is 0 Å². The highest BCUT2D eigenvalue weighted by molar-refractivity contribution is 7.77. The molecule has 9 nitrogen and oxygen atoms in total. The number of benzene rings is 1. The second-order valence-electron chi connectivity index (χ2n) is 6.84. The Morgan fingerprint density at radius 3 is 2.61 bits per heavy atom. The molecule has 1 aliphatic rings. The van der Waals surface area contributed by atoms with Gasteiger partial charge >= 0.3 is 0 Å². The zero-order valence-corrected chi connectivity index (χ0v) is 17.4. The van der Waals surface area contributed by atoms with Crippen molar-refractivity contribution in [3.8, 4) is 5.75 Å². The molecule has 1 atom stereocenters. The van der Waals surface area contributed by atoms with Gasteiger partial charge in [-0.3, -0.25) is 19.5 Å². The smallest absolute Gasteiger partial charge is 0.259 e. The lowest BCUT2D eigenvalue weighted by Gasteiger charge is -2.09. The van der Waals surface area contributed by atoms with Gasteiger partial charge in [-0.05, 0) is 24.6 Å². The molecular formula is C21H20N4O5S. The first kappa shape index (κ1) is 20.9. The number of aromatic nitrogens is 2. The van der Waals surface area contributed by atoms with E-state index in [0.29, 0.717) is 42.0 Å². The van der Waals surface area contributed by atoms with E-state index in [1.165, 1.54) is 7.11 Å². The molecule has 0 spiro atoms. The number of pyridine rings is 1. The van der Waals surface area contributed by atoms with Crippen molar-refractivity contribution < 1.29 is 23.1 Å². The summed E-state index contributed by atoms with van der Waals surface area (Å²) >= 11 is -2.07. The molecule has 0 aliphatic carbocycles. The van der Waals surface area contributed by atoms with Crippen LogP contribution in [0, 0.1) is 0 Å². The Morgan fingerprint density at radius 2 is 1.87 bits per heavy atom. The van der Waals surface area contributed by atoms with Crippen LogP contribution < -0.4 is 14.8 Å². The van der Waals surface area contributed by atoms with E-state index in [1.54, 1.807) is 42.7 Å². The van der Waals surface area contributed by atoms with E-state index in [1.807, 2.05) is 10.6 Å². The quantitative estimate of drug-likeness (QED) is 0.279. The fourth-order valence-corrected chi connectivity index (χ4v) is 4.04. The number of nitrogens with zero attached hydrogens (tertiary/aromatic N) is 2. The topological polar surface area (TPSA) is 123 Å². The lowest BCUT2D eigenvalue weighted by atomic mass is 9.96. The highest BCUT2D eigenvalue weighted by atomic mass is 32.2. The van der Waals surface area contributed by atoms with Crippen molar-refractivity contribution in [3.05, 3.63) is 59.9 Å². The molecule has 0 radical (unpaired) electrons. The van der Waals surface area contributed by atoms with Crippen LogP contribution in [0.25, 0.3) is 22.2 Å². The number of imide groups is 1. The Morgan fingerprint density at radius 1 is 1.13 bits per heavy atom. The minimum absolute atomic E-state index is 0.252. The first-order valence-electron chi connectivity index (χ1n) is 9.53. The van der Waals surface area contributed by atoms with Gasteiger partial charge in [-0.25, -0.2) is 13.9 Å². The molecule has 3 N–H and O–H groups in total. The number of ether oxygens (including phenoxy) is 1. The van der Waals surface area contributed by atoms with Crippen molar-refractivity contribution in [1.29, 1.82) is 0 Å². The van der Waals surface area contributed by atoms with E-state index in [0.717, 1.165) is 5.39 Å². The van der Waals surface area contributed by atoms with Crippen molar-refractivity contribution >= 4 is 45.3 Å². The molecule has 1 aromatic carbocycles. The maximum absolute atomic E-state index is 12.8. The van der Waals surface area contributed by atoms with Crippen LogP contribution in [0.3, 0.4) is 0 Å². The van der Waals surface area contributed by atoms with Gasteiger partial charge in [-0.15, -0.1) is 0 Å². The largest absolute Gasteiger partial charge is 0.496 e. The first-order chi connectivity index (χ1) is 15.0. The van der Waals surface area contributed by atoms with Gasteiger partial charge in [0.1, 0.15) is 11.4 Å². The van der Waals surface area contributed by atoms with Gasteiger partial charge in [0.2, 0.25) is 11.3 Å². The van der Waals surface area contributed by atoms with Crippen LogP contribution in [0.2, 0.25) is 0 Å². The predicted octanol–water partition coefficient (Wildman–Crippen LogP) is 1.73. The molecule has 3 aromatic rings. The molecule has 160 valence electrons. The monoisotopic (exact) mass is 440 g/mol. The van der Waals surface area contributed by atoms with Crippen molar-refractivity contribution in [2.24, 2.45) is 0 Å². The first-order valence-corrected chi connectivity index (χ1v) is 10.6. The van der Waals surface area contributed by atoms with Crippen LogP contribution in [0.4, 0.5) is 0 Å². The Bertz CT molecular complexity index is 1230. The highest BCUT2D eigenvalue weighted by Gasteiger charge is 2.35. The highest BCUT2D eigenvalue weighted by Crippen LogP contribution is 2.38. The van der Waals surface area contributed by atoms with Crippen molar-refractivity contribution in [3.63, 3.8) is 0 Å². The van der Waals surface area contributed by atoms with Gasteiger partial charge in [-0.1, -0.05) is 18.2 Å². The summed E-state index contributed by atoms with van der Waals surface area (Å²) in [6.07, 6.45) is 4.01. The molecule has 0 bridgehead atoms. The Hall–Kier alpha value is -3.34. The summed E-state index contributed by atoms with van der Waals surface area (Å²) in [7, 11) is 1.51. The molecule has 1 unspecified atom stereocenters. The summed E-state index contributed by atoms with van der Waals surface area (Å²) in [5.74, 6) is -0.472. The Balaban J connectivity index is 1.84. The van der Waals surface area contributed by atoms with E-state index < -0.39 is 23.1 Å². The minimum atomic E-state index is -2.07. The fraction of sp³-hybridized carbons (Fsp3) is 0.190. The summed E-state index contributed by atoms with van der Waals surface area (Å²) in [5.41, 5.74) is 2.29. The number of rotatable bonds is 8. The van der Waals surface area contributed by atoms with Gasteiger partial charge in [0.05, 0.1) is 18.3 Å². The number of carbonyl (C=O) groups excluding carboxylic acids is 2. The summed E-state index contributed by atoms with van der Waals surface area (Å²) in [4.78, 5) is 30.0. The van der Waals surface area contributed by atoms with Gasteiger partial charge in [0.25, 0.3) is 11.8 Å². The lowest BCUT2D eigenvalue weighted by molar-refractivity contribution is -0.122. The lowest BCUT2D eigenvalue weighted by Crippen LogP contribution is -2.22. The van der Waals surface area contributed by atoms with Crippen LogP contribution in [-0.2, 0) is 27.4 Å². The molecule has 10 heteroatoms. The van der Waals surface area contributed by atoms with Crippen molar-refractivity contribution in [2.75, 3.05) is 13.7 Å². The number of nitrogens with one attached hydrogen (secondary N) is 2. The molecule has 3 heterocycles. The van der Waals surface area contributed by atoms with Crippen LogP contribution >= 0.6 is 0 Å².